The van der Waals surface area contributed by atoms with Gasteiger partial charge in [0.1, 0.15) is 0 Å². The number of carbonyl (C=O) groups excluding carboxylic acids is 2. The highest BCUT2D eigenvalue weighted by Crippen LogP contribution is 2.23. The summed E-state index contributed by atoms with van der Waals surface area (Å²) in [6.07, 6.45) is 0. The van der Waals surface area contributed by atoms with Crippen LogP contribution in [-0.2, 0) is 10.0 Å². The van der Waals surface area contributed by atoms with E-state index in [0.717, 1.165) is 17.8 Å². The van der Waals surface area contributed by atoms with E-state index in [4.69, 9.17) is 0 Å². The van der Waals surface area contributed by atoms with Crippen LogP contribution in [0.4, 0.5) is 17.1 Å². The van der Waals surface area contributed by atoms with E-state index in [1.165, 1.54) is 36.4 Å². The molecule has 0 saturated carbocycles. The fourth-order valence-electron chi connectivity index (χ4n) is 2.92. The molecule has 0 saturated heterocycles. The second-order valence-electron chi connectivity index (χ2n) is 7.26. The van der Waals surface area contributed by atoms with Crippen molar-refractivity contribution in [2.45, 2.75) is 4.90 Å². The van der Waals surface area contributed by atoms with Crippen LogP contribution in [0.5, 0.6) is 0 Å². The summed E-state index contributed by atoms with van der Waals surface area (Å²) in [7, 11) is -0.591. The summed E-state index contributed by atoms with van der Waals surface area (Å²) in [6.45, 7) is 0. The maximum Gasteiger partial charge on any atom is 0.271 e. The van der Waals surface area contributed by atoms with Crippen molar-refractivity contribution < 1.29 is 22.9 Å². The molecular weight excluding hydrogens is 462 g/mol. The summed E-state index contributed by atoms with van der Waals surface area (Å²) in [6, 6.07) is 17.0. The van der Waals surface area contributed by atoms with Crippen LogP contribution in [0.1, 0.15) is 20.7 Å². The molecule has 3 rings (SSSR count). The first-order chi connectivity index (χ1) is 16.1. The number of sulfonamides is 1. The molecule has 0 spiro atoms. The highest BCUT2D eigenvalue weighted by molar-refractivity contribution is 7.92. The van der Waals surface area contributed by atoms with Crippen LogP contribution < -0.4 is 20.5 Å². The molecule has 0 aliphatic rings. The predicted octanol–water partition coefficient (Wildman–Crippen LogP) is 2.54. The van der Waals surface area contributed by atoms with Crippen LogP contribution in [-0.4, -0.2) is 39.3 Å². The minimum absolute atomic E-state index is 0.0705. The lowest BCUT2D eigenvalue weighted by Crippen LogP contribution is -2.42. The quantitative estimate of drug-likeness (QED) is 0.345. The molecule has 0 radical (unpaired) electrons. The van der Waals surface area contributed by atoms with Crippen LogP contribution >= 0.6 is 0 Å². The van der Waals surface area contributed by atoms with Gasteiger partial charge in [-0.1, -0.05) is 24.3 Å². The van der Waals surface area contributed by atoms with Gasteiger partial charge in [-0.25, -0.2) is 8.42 Å². The Bertz CT molecular complexity index is 1360. The van der Waals surface area contributed by atoms with E-state index in [-0.39, 0.29) is 16.1 Å². The number of carbonyl (C=O) groups is 2. The van der Waals surface area contributed by atoms with Crippen LogP contribution in [0.2, 0.25) is 0 Å². The minimum atomic E-state index is -4.24. The van der Waals surface area contributed by atoms with Crippen molar-refractivity contribution in [3.8, 4) is 0 Å². The van der Waals surface area contributed by atoms with Gasteiger partial charge in [0.15, 0.2) is 0 Å². The number of amides is 2. The number of para-hydroxylation sites is 1. The number of nitrogens with one attached hydrogen (secondary N) is 3. The molecule has 2 amide bonds. The van der Waals surface area contributed by atoms with E-state index >= 15 is 0 Å². The number of non-ortho nitro benzene ring substituents is 1. The van der Waals surface area contributed by atoms with Gasteiger partial charge in [0, 0.05) is 37.5 Å². The molecule has 0 unspecified atom stereocenters. The Hall–Kier alpha value is -4.45. The number of benzene rings is 3. The molecule has 3 aromatic carbocycles. The first-order valence-corrected chi connectivity index (χ1v) is 11.3. The molecule has 34 heavy (non-hydrogen) atoms. The van der Waals surface area contributed by atoms with Gasteiger partial charge >= 0.3 is 0 Å². The molecular formula is C22H21N5O6S. The van der Waals surface area contributed by atoms with E-state index in [1.807, 2.05) is 25.1 Å². The smallest absolute Gasteiger partial charge is 0.271 e. The monoisotopic (exact) mass is 483 g/mol. The van der Waals surface area contributed by atoms with Gasteiger partial charge in [-0.05, 0) is 36.4 Å². The maximum absolute atomic E-state index is 12.8. The molecule has 0 aliphatic heterocycles. The maximum atomic E-state index is 12.8. The van der Waals surface area contributed by atoms with E-state index in [2.05, 4.69) is 15.6 Å². The Kier molecular flexibility index (Phi) is 7.12. The molecule has 11 nitrogen and oxygen atoms in total. The molecule has 0 atom stereocenters. The van der Waals surface area contributed by atoms with Crippen molar-refractivity contribution in [3.63, 3.8) is 0 Å². The molecule has 12 heteroatoms. The van der Waals surface area contributed by atoms with Crippen LogP contribution in [0.25, 0.3) is 0 Å². The second kappa shape index (κ2) is 10.0. The van der Waals surface area contributed by atoms with Gasteiger partial charge in [0.25, 0.3) is 27.5 Å². The van der Waals surface area contributed by atoms with Crippen molar-refractivity contribution in [1.29, 1.82) is 0 Å². The number of nitrogens with zero attached hydrogens (tertiary/aromatic N) is 2. The summed E-state index contributed by atoms with van der Waals surface area (Å²) in [5.41, 5.74) is 5.12. The third kappa shape index (κ3) is 5.66. The van der Waals surface area contributed by atoms with Crippen molar-refractivity contribution in [2.24, 2.45) is 0 Å². The van der Waals surface area contributed by atoms with Crippen molar-refractivity contribution >= 4 is 38.9 Å². The molecule has 3 aromatic rings. The van der Waals surface area contributed by atoms with Gasteiger partial charge in [0.05, 0.1) is 21.1 Å². The fraction of sp³-hybridized carbons (Fsp3) is 0.0909. The lowest BCUT2D eigenvalue weighted by molar-refractivity contribution is -0.385. The first kappa shape index (κ1) is 24.2. The summed E-state index contributed by atoms with van der Waals surface area (Å²) >= 11 is 0. The SMILES string of the molecule is CN(C)c1cccc(C(=O)NNC(=O)c2ccccc2NS(=O)(=O)c2cccc([N+](=O)[O-])c2)c1. The molecule has 0 aliphatic carbocycles. The van der Waals surface area contributed by atoms with Gasteiger partial charge in [-0.15, -0.1) is 0 Å². The van der Waals surface area contributed by atoms with Crippen molar-refractivity contribution in [1.82, 2.24) is 10.9 Å². The molecule has 0 heterocycles. The highest BCUT2D eigenvalue weighted by Gasteiger charge is 2.21. The number of hydrazine groups is 1. The third-order valence-corrected chi connectivity index (χ3v) is 6.03. The minimum Gasteiger partial charge on any atom is -0.378 e. The average Bonchev–Trinajstić information content (AvgIpc) is 2.82. The van der Waals surface area contributed by atoms with Gasteiger partial charge in [-0.2, -0.15) is 0 Å². The number of nitro benzene ring substituents is 1. The third-order valence-electron chi connectivity index (χ3n) is 4.67. The van der Waals surface area contributed by atoms with E-state index in [1.54, 1.807) is 18.2 Å². The van der Waals surface area contributed by atoms with Gasteiger partial charge in [-0.3, -0.25) is 35.3 Å². The molecule has 3 N–H and O–H groups in total. The Labute approximate surface area is 195 Å². The summed E-state index contributed by atoms with van der Waals surface area (Å²) < 4.78 is 27.8. The van der Waals surface area contributed by atoms with Crippen LogP contribution in [0, 0.1) is 10.1 Å². The second-order valence-corrected chi connectivity index (χ2v) is 8.94. The highest BCUT2D eigenvalue weighted by atomic mass is 32.2. The van der Waals surface area contributed by atoms with Crippen molar-refractivity contribution in [3.05, 3.63) is 94.0 Å². The Morgan fingerprint density at radius 2 is 1.56 bits per heavy atom. The van der Waals surface area contributed by atoms with Gasteiger partial charge in [0.2, 0.25) is 0 Å². The Morgan fingerprint density at radius 1 is 0.882 bits per heavy atom. The fourth-order valence-corrected chi connectivity index (χ4v) is 4.04. The molecule has 176 valence electrons. The lowest BCUT2D eigenvalue weighted by atomic mass is 10.1. The zero-order valence-corrected chi connectivity index (χ0v) is 19.0. The molecule has 0 aromatic heterocycles. The number of hydrogen-bond donors (Lipinski definition) is 3. The Balaban J connectivity index is 1.76. The average molecular weight is 484 g/mol. The first-order valence-electron chi connectivity index (χ1n) is 9.83. The Morgan fingerprint density at radius 3 is 2.26 bits per heavy atom. The molecule has 0 fully saturated rings. The normalized spacial score (nSPS) is 10.8. The van der Waals surface area contributed by atoms with Crippen LogP contribution in [0.15, 0.2) is 77.7 Å². The van der Waals surface area contributed by atoms with Crippen molar-refractivity contribution in [2.75, 3.05) is 23.7 Å². The predicted molar refractivity (Wildman–Crippen MR) is 126 cm³/mol. The summed E-state index contributed by atoms with van der Waals surface area (Å²) in [4.78, 5) is 36.8. The zero-order valence-electron chi connectivity index (χ0n) is 18.2. The standard InChI is InChI=1S/C22H21N5O6S/c1-26(2)16-8-5-7-15(13-16)21(28)23-24-22(29)19-11-3-4-12-20(19)25-34(32,33)18-10-6-9-17(14-18)27(30)31/h3-14,25H,1-2H3,(H,23,28)(H,24,29). The van der Waals surface area contributed by atoms with Crippen LogP contribution in [0.3, 0.4) is 0 Å². The lowest BCUT2D eigenvalue weighted by Gasteiger charge is -2.15. The zero-order chi connectivity index (χ0) is 24.9. The number of rotatable bonds is 7. The number of anilines is 2. The summed E-state index contributed by atoms with van der Waals surface area (Å²) in [5, 5.41) is 11.0. The number of hydrogen-bond acceptors (Lipinski definition) is 7. The summed E-state index contributed by atoms with van der Waals surface area (Å²) in [5.74, 6) is -1.33. The topological polar surface area (TPSA) is 151 Å². The van der Waals surface area contributed by atoms with Gasteiger partial charge < -0.3 is 4.90 Å². The van der Waals surface area contributed by atoms with E-state index in [0.29, 0.717) is 5.56 Å². The number of nitro groups is 1. The van der Waals surface area contributed by atoms with E-state index in [9.17, 15) is 28.1 Å². The molecule has 0 bridgehead atoms. The van der Waals surface area contributed by atoms with E-state index < -0.39 is 32.4 Å². The largest absolute Gasteiger partial charge is 0.378 e.